The Morgan fingerprint density at radius 2 is 2.00 bits per heavy atom. The van der Waals surface area contributed by atoms with Crippen molar-refractivity contribution in [1.82, 2.24) is 9.91 Å². The average molecular weight is 483 g/mol. The molecule has 1 saturated heterocycles. The number of carbonyl (C=O) groups is 1. The van der Waals surface area contributed by atoms with Crippen molar-refractivity contribution in [2.45, 2.75) is 69.4 Å². The van der Waals surface area contributed by atoms with Crippen molar-refractivity contribution in [1.29, 1.82) is 0 Å². The summed E-state index contributed by atoms with van der Waals surface area (Å²) in [6, 6.07) is 6.80. The van der Waals surface area contributed by atoms with Crippen molar-refractivity contribution >= 4 is 22.4 Å². The van der Waals surface area contributed by atoms with Crippen LogP contribution in [0.15, 0.2) is 34.3 Å². The van der Waals surface area contributed by atoms with E-state index < -0.39 is 16.2 Å². The van der Waals surface area contributed by atoms with Gasteiger partial charge in [0.1, 0.15) is 0 Å². The standard InChI is InChI=1S/C23H38N4O5S/c1-4-25-26(3)20(13-15-24)7-6-18-31-23(28)27-16-5-8-21(14-17-27)32-33(29,30)22-11-9-19(2)10-12-22/h4,9-12,20-21H,5-8,13-18,24H2,1-3H3. The zero-order valence-electron chi connectivity index (χ0n) is 20.0. The number of aryl methyl sites for hydroxylation is 1. The highest BCUT2D eigenvalue weighted by molar-refractivity contribution is 7.86. The van der Waals surface area contributed by atoms with Gasteiger partial charge in [0.25, 0.3) is 10.1 Å². The minimum Gasteiger partial charge on any atom is -0.449 e. The molecule has 2 atom stereocenters. The molecule has 9 nitrogen and oxygen atoms in total. The lowest BCUT2D eigenvalue weighted by molar-refractivity contribution is 0.0972. The number of carbonyl (C=O) groups excluding carboxylic acids is 1. The molecule has 2 N–H and O–H groups in total. The molecule has 0 spiro atoms. The van der Waals surface area contributed by atoms with Gasteiger partial charge < -0.3 is 15.4 Å². The summed E-state index contributed by atoms with van der Waals surface area (Å²) >= 11 is 0. The summed E-state index contributed by atoms with van der Waals surface area (Å²) in [5.41, 5.74) is 6.68. The van der Waals surface area contributed by atoms with Gasteiger partial charge in [-0.25, -0.2) is 4.79 Å². The number of amides is 1. The lowest BCUT2D eigenvalue weighted by Crippen LogP contribution is -2.34. The summed E-state index contributed by atoms with van der Waals surface area (Å²) in [7, 11) is -1.91. The molecule has 0 bridgehead atoms. The van der Waals surface area contributed by atoms with E-state index in [-0.39, 0.29) is 17.0 Å². The van der Waals surface area contributed by atoms with E-state index in [0.717, 1.165) is 18.4 Å². The van der Waals surface area contributed by atoms with Crippen LogP contribution in [-0.2, 0) is 19.0 Å². The molecule has 2 rings (SSSR count). The Morgan fingerprint density at radius 1 is 1.27 bits per heavy atom. The van der Waals surface area contributed by atoms with E-state index in [0.29, 0.717) is 51.9 Å². The predicted molar refractivity (Wildman–Crippen MR) is 129 cm³/mol. The van der Waals surface area contributed by atoms with Crippen LogP contribution in [0.3, 0.4) is 0 Å². The Labute approximate surface area is 198 Å². The molecule has 0 aliphatic carbocycles. The van der Waals surface area contributed by atoms with Crippen LogP contribution < -0.4 is 5.73 Å². The maximum Gasteiger partial charge on any atom is 0.409 e. The van der Waals surface area contributed by atoms with Gasteiger partial charge in [-0.15, -0.1) is 0 Å². The Kier molecular flexibility index (Phi) is 11.1. The summed E-state index contributed by atoms with van der Waals surface area (Å²) < 4.78 is 36.0. The second-order valence-corrected chi connectivity index (χ2v) is 9.91. The van der Waals surface area contributed by atoms with Crippen LogP contribution in [0, 0.1) is 6.92 Å². The van der Waals surface area contributed by atoms with Crippen molar-refractivity contribution in [2.75, 3.05) is 33.3 Å². The Hall–Kier alpha value is -2.17. The van der Waals surface area contributed by atoms with Gasteiger partial charge in [0.05, 0.1) is 17.6 Å². The van der Waals surface area contributed by atoms with Crippen molar-refractivity contribution in [2.24, 2.45) is 10.8 Å². The number of benzene rings is 1. The number of ether oxygens (including phenoxy) is 1. The fraction of sp³-hybridized carbons (Fsp3) is 0.652. The number of rotatable bonds is 11. The normalized spacial score (nSPS) is 18.2. The van der Waals surface area contributed by atoms with Crippen LogP contribution in [0.4, 0.5) is 4.79 Å². The SMILES string of the molecule is CC=NN(C)C(CCN)CCCOC(=O)N1CCCC(OS(=O)(=O)c2ccc(C)cc2)CC1. The highest BCUT2D eigenvalue weighted by atomic mass is 32.2. The zero-order valence-corrected chi connectivity index (χ0v) is 20.8. The Balaban J connectivity index is 1.78. The van der Waals surface area contributed by atoms with E-state index in [1.807, 2.05) is 25.9 Å². The molecular formula is C23H38N4O5S. The van der Waals surface area contributed by atoms with Crippen LogP contribution in [0.25, 0.3) is 0 Å². The zero-order chi connectivity index (χ0) is 24.3. The van der Waals surface area contributed by atoms with E-state index in [2.05, 4.69) is 5.10 Å². The molecule has 1 aliphatic rings. The third kappa shape index (κ3) is 8.94. The van der Waals surface area contributed by atoms with Crippen LogP contribution in [0.1, 0.15) is 51.0 Å². The van der Waals surface area contributed by atoms with E-state index in [4.69, 9.17) is 14.7 Å². The van der Waals surface area contributed by atoms with Gasteiger partial charge in [-0.1, -0.05) is 17.7 Å². The van der Waals surface area contributed by atoms with E-state index in [1.54, 1.807) is 35.4 Å². The average Bonchev–Trinajstić information content (AvgIpc) is 3.01. The van der Waals surface area contributed by atoms with Gasteiger partial charge in [0.2, 0.25) is 0 Å². The van der Waals surface area contributed by atoms with E-state index in [9.17, 15) is 13.2 Å². The summed E-state index contributed by atoms with van der Waals surface area (Å²) in [5.74, 6) is 0. The molecule has 0 aromatic heterocycles. The molecule has 1 fully saturated rings. The third-order valence-corrected chi connectivity index (χ3v) is 7.11. The summed E-state index contributed by atoms with van der Waals surface area (Å²) in [6.45, 7) is 5.58. The first-order valence-corrected chi connectivity index (χ1v) is 13.0. The first-order valence-electron chi connectivity index (χ1n) is 11.6. The quantitative estimate of drug-likeness (QED) is 0.223. The van der Waals surface area contributed by atoms with Gasteiger partial charge in [-0.2, -0.15) is 13.5 Å². The van der Waals surface area contributed by atoms with Gasteiger partial charge in [0, 0.05) is 32.4 Å². The van der Waals surface area contributed by atoms with Crippen LogP contribution in [0.5, 0.6) is 0 Å². The van der Waals surface area contributed by atoms with E-state index in [1.165, 1.54) is 0 Å². The fourth-order valence-electron chi connectivity index (χ4n) is 3.84. The molecular weight excluding hydrogens is 444 g/mol. The second-order valence-electron chi connectivity index (χ2n) is 8.34. The minimum absolute atomic E-state index is 0.150. The molecule has 0 saturated carbocycles. The first-order chi connectivity index (χ1) is 15.8. The summed E-state index contributed by atoms with van der Waals surface area (Å²) in [4.78, 5) is 14.3. The molecule has 1 aromatic carbocycles. The number of hydrogen-bond donors (Lipinski definition) is 1. The molecule has 186 valence electrons. The van der Waals surface area contributed by atoms with Gasteiger partial charge in [0.15, 0.2) is 0 Å². The highest BCUT2D eigenvalue weighted by Gasteiger charge is 2.27. The minimum atomic E-state index is -3.83. The molecule has 1 heterocycles. The lowest BCUT2D eigenvalue weighted by atomic mass is 10.1. The second kappa shape index (κ2) is 13.5. The van der Waals surface area contributed by atoms with Crippen LogP contribution in [-0.4, -0.2) is 76.1 Å². The van der Waals surface area contributed by atoms with Crippen molar-refractivity contribution in [3.63, 3.8) is 0 Å². The highest BCUT2D eigenvalue weighted by Crippen LogP contribution is 2.21. The number of nitrogens with two attached hydrogens (primary N) is 1. The third-order valence-electron chi connectivity index (χ3n) is 5.74. The summed E-state index contributed by atoms with van der Waals surface area (Å²) in [5, 5.41) is 6.18. The van der Waals surface area contributed by atoms with Gasteiger partial charge in [-0.05, 0) is 71.0 Å². The molecule has 1 amide bonds. The molecule has 0 radical (unpaired) electrons. The van der Waals surface area contributed by atoms with Gasteiger partial charge in [-0.3, -0.25) is 9.19 Å². The number of likely N-dealkylation sites (tertiary alicyclic amines) is 1. The molecule has 2 unspecified atom stereocenters. The Bertz CT molecular complexity index is 860. The van der Waals surface area contributed by atoms with Crippen molar-refractivity contribution < 1.29 is 22.1 Å². The van der Waals surface area contributed by atoms with Crippen LogP contribution >= 0.6 is 0 Å². The van der Waals surface area contributed by atoms with Crippen molar-refractivity contribution in [3.8, 4) is 0 Å². The summed E-state index contributed by atoms with van der Waals surface area (Å²) in [6.07, 6.45) is 4.94. The predicted octanol–water partition coefficient (Wildman–Crippen LogP) is 3.13. The maximum absolute atomic E-state index is 12.6. The Morgan fingerprint density at radius 3 is 2.67 bits per heavy atom. The fourth-order valence-corrected chi connectivity index (χ4v) is 4.97. The monoisotopic (exact) mass is 482 g/mol. The lowest BCUT2D eigenvalue weighted by Gasteiger charge is -2.25. The van der Waals surface area contributed by atoms with E-state index >= 15 is 0 Å². The molecule has 1 aromatic rings. The number of nitrogens with zero attached hydrogens (tertiary/aromatic N) is 3. The molecule has 10 heteroatoms. The smallest absolute Gasteiger partial charge is 0.409 e. The topological polar surface area (TPSA) is 115 Å². The largest absolute Gasteiger partial charge is 0.449 e. The first kappa shape index (κ1) is 27.1. The maximum atomic E-state index is 12.6. The number of hydrogen-bond acceptors (Lipinski definition) is 8. The number of hydrazone groups is 1. The molecule has 33 heavy (non-hydrogen) atoms. The molecule has 1 aliphatic heterocycles. The van der Waals surface area contributed by atoms with Crippen LogP contribution in [0.2, 0.25) is 0 Å². The van der Waals surface area contributed by atoms with Crippen molar-refractivity contribution in [3.05, 3.63) is 29.8 Å². The van der Waals surface area contributed by atoms with Gasteiger partial charge >= 0.3 is 6.09 Å².